The number of carbonyl (C=O) groups is 1. The lowest BCUT2D eigenvalue weighted by molar-refractivity contribution is 0.0374. The summed E-state index contributed by atoms with van der Waals surface area (Å²) < 4.78 is 9.10. The molecule has 170 valence electrons. The highest BCUT2D eigenvalue weighted by atomic mass is 16.5. The van der Waals surface area contributed by atoms with Crippen molar-refractivity contribution in [1.29, 1.82) is 0 Å². The van der Waals surface area contributed by atoms with Crippen LogP contribution in [-0.2, 0) is 4.74 Å². The summed E-state index contributed by atoms with van der Waals surface area (Å²) in [6.45, 7) is 7.04. The van der Waals surface area contributed by atoms with Crippen molar-refractivity contribution < 1.29 is 9.53 Å². The van der Waals surface area contributed by atoms with Crippen LogP contribution in [0.5, 0.6) is 0 Å². The first-order valence-corrected chi connectivity index (χ1v) is 11.2. The number of benzene rings is 1. The lowest BCUT2D eigenvalue weighted by Gasteiger charge is -2.26. The molecule has 4 heterocycles. The van der Waals surface area contributed by atoms with Gasteiger partial charge in [0.25, 0.3) is 5.91 Å². The predicted molar refractivity (Wildman–Crippen MR) is 124 cm³/mol. The molecule has 0 saturated carbocycles. The molecule has 1 N–H and O–H groups in total. The van der Waals surface area contributed by atoms with Crippen LogP contribution in [0.15, 0.2) is 55.1 Å². The van der Waals surface area contributed by atoms with Gasteiger partial charge in [0.05, 0.1) is 36.8 Å². The average Bonchev–Trinajstić information content (AvgIpc) is 3.48. The second-order valence-electron chi connectivity index (χ2n) is 8.14. The van der Waals surface area contributed by atoms with Gasteiger partial charge in [0, 0.05) is 32.0 Å². The van der Waals surface area contributed by atoms with Gasteiger partial charge in [-0.05, 0) is 38.1 Å². The first kappa shape index (κ1) is 21.3. The molecule has 3 aromatic heterocycles. The summed E-state index contributed by atoms with van der Waals surface area (Å²) in [5.74, 6) is 0.444. The summed E-state index contributed by atoms with van der Waals surface area (Å²) in [6.07, 6.45) is 7.80. The number of rotatable bonds is 7. The number of morpholine rings is 1. The van der Waals surface area contributed by atoms with E-state index in [1.165, 1.54) is 5.56 Å². The summed E-state index contributed by atoms with van der Waals surface area (Å²) in [6, 6.07) is 10.0. The van der Waals surface area contributed by atoms with Gasteiger partial charge in [0.2, 0.25) is 0 Å². The number of amides is 1. The molecule has 1 aliphatic heterocycles. The molecule has 0 atom stereocenters. The number of nitrogens with one attached hydrogen (secondary N) is 1. The zero-order valence-electron chi connectivity index (χ0n) is 18.6. The number of aromatic nitrogens is 5. The molecule has 0 unspecified atom stereocenters. The lowest BCUT2D eigenvalue weighted by Crippen LogP contribution is -2.38. The summed E-state index contributed by atoms with van der Waals surface area (Å²) in [5, 5.41) is 7.51. The number of fused-ring (bicyclic) bond motifs is 1. The minimum Gasteiger partial charge on any atom is -0.379 e. The van der Waals surface area contributed by atoms with Crippen LogP contribution in [0.1, 0.15) is 22.5 Å². The van der Waals surface area contributed by atoms with Crippen LogP contribution in [0.4, 0.5) is 0 Å². The Morgan fingerprint density at radius 1 is 1.12 bits per heavy atom. The van der Waals surface area contributed by atoms with Crippen LogP contribution in [0.2, 0.25) is 0 Å². The van der Waals surface area contributed by atoms with Gasteiger partial charge in [-0.15, -0.1) is 0 Å². The quantitative estimate of drug-likeness (QED) is 0.439. The van der Waals surface area contributed by atoms with E-state index in [1.54, 1.807) is 18.6 Å². The van der Waals surface area contributed by atoms with E-state index >= 15 is 0 Å². The highest BCUT2D eigenvalue weighted by Gasteiger charge is 2.21. The molecule has 0 spiro atoms. The second kappa shape index (κ2) is 9.51. The molecule has 0 aliphatic carbocycles. The minimum absolute atomic E-state index is 0.199. The Morgan fingerprint density at radius 3 is 2.76 bits per heavy atom. The monoisotopic (exact) mass is 445 g/mol. The molecule has 1 aliphatic rings. The van der Waals surface area contributed by atoms with Crippen molar-refractivity contribution in [2.45, 2.75) is 13.3 Å². The van der Waals surface area contributed by atoms with Crippen molar-refractivity contribution in [3.05, 3.63) is 66.4 Å². The number of hydrogen-bond acceptors (Lipinski definition) is 6. The summed E-state index contributed by atoms with van der Waals surface area (Å²) in [7, 11) is 0. The Balaban J connectivity index is 1.37. The molecular formula is C24H27N7O2. The zero-order chi connectivity index (χ0) is 22.6. The van der Waals surface area contributed by atoms with E-state index in [1.807, 2.05) is 45.6 Å². The van der Waals surface area contributed by atoms with Crippen LogP contribution < -0.4 is 5.32 Å². The van der Waals surface area contributed by atoms with E-state index in [4.69, 9.17) is 9.72 Å². The van der Waals surface area contributed by atoms with Gasteiger partial charge in [-0.3, -0.25) is 19.1 Å². The third-order valence-electron chi connectivity index (χ3n) is 5.85. The topological polar surface area (TPSA) is 89.6 Å². The second-order valence-corrected chi connectivity index (χ2v) is 8.14. The maximum Gasteiger partial charge on any atom is 0.272 e. The van der Waals surface area contributed by atoms with Crippen LogP contribution in [-0.4, -0.2) is 74.3 Å². The van der Waals surface area contributed by atoms with E-state index in [-0.39, 0.29) is 5.91 Å². The maximum atomic E-state index is 13.0. The van der Waals surface area contributed by atoms with Crippen molar-refractivity contribution in [1.82, 2.24) is 34.4 Å². The minimum atomic E-state index is -0.199. The molecule has 9 nitrogen and oxygen atoms in total. The fourth-order valence-electron chi connectivity index (χ4n) is 4.06. The van der Waals surface area contributed by atoms with Gasteiger partial charge in [-0.1, -0.05) is 17.7 Å². The number of hydrogen-bond donors (Lipinski definition) is 1. The molecule has 33 heavy (non-hydrogen) atoms. The first-order valence-electron chi connectivity index (χ1n) is 11.2. The van der Waals surface area contributed by atoms with Gasteiger partial charge >= 0.3 is 0 Å². The van der Waals surface area contributed by atoms with E-state index in [2.05, 4.69) is 27.2 Å². The molecule has 0 bridgehead atoms. The molecule has 1 fully saturated rings. The Kier molecular flexibility index (Phi) is 6.14. The van der Waals surface area contributed by atoms with Gasteiger partial charge in [-0.2, -0.15) is 5.10 Å². The number of imidazole rings is 1. The molecule has 9 heteroatoms. The normalized spacial score (nSPS) is 14.6. The third kappa shape index (κ3) is 4.50. The van der Waals surface area contributed by atoms with Crippen molar-refractivity contribution >= 4 is 11.4 Å². The maximum absolute atomic E-state index is 13.0. The Hall–Kier alpha value is -3.56. The number of nitrogens with zero attached hydrogens (tertiary/aromatic N) is 6. The van der Waals surface area contributed by atoms with Gasteiger partial charge in [0.1, 0.15) is 5.69 Å². The van der Waals surface area contributed by atoms with Crippen molar-refractivity contribution in [3.63, 3.8) is 0 Å². The molecule has 4 aromatic rings. The van der Waals surface area contributed by atoms with E-state index in [9.17, 15) is 4.79 Å². The average molecular weight is 446 g/mol. The molecule has 5 rings (SSSR count). The van der Waals surface area contributed by atoms with Crippen LogP contribution in [0.25, 0.3) is 22.7 Å². The van der Waals surface area contributed by atoms with Crippen molar-refractivity contribution in [2.75, 3.05) is 39.4 Å². The molecular weight excluding hydrogens is 418 g/mol. The molecule has 1 aromatic carbocycles. The van der Waals surface area contributed by atoms with E-state index in [0.29, 0.717) is 23.6 Å². The highest BCUT2D eigenvalue weighted by Crippen LogP contribution is 2.24. The number of carbonyl (C=O) groups excluding carboxylic acids is 1. The molecule has 1 saturated heterocycles. The van der Waals surface area contributed by atoms with E-state index in [0.717, 1.165) is 50.7 Å². The van der Waals surface area contributed by atoms with Gasteiger partial charge in [-0.25, -0.2) is 9.67 Å². The summed E-state index contributed by atoms with van der Waals surface area (Å²) in [5.41, 5.74) is 3.93. The predicted octanol–water partition coefficient (Wildman–Crippen LogP) is 2.34. The van der Waals surface area contributed by atoms with Gasteiger partial charge < -0.3 is 10.1 Å². The van der Waals surface area contributed by atoms with Crippen LogP contribution >= 0.6 is 0 Å². The Morgan fingerprint density at radius 2 is 1.94 bits per heavy atom. The summed E-state index contributed by atoms with van der Waals surface area (Å²) >= 11 is 0. The lowest BCUT2D eigenvalue weighted by atomic mass is 10.2. The SMILES string of the molecule is Cc1ccc(-n2nccc2-c2nc(C(=O)NCCCN3CCOCC3)c3cnccn23)cc1. The van der Waals surface area contributed by atoms with Gasteiger partial charge in [0.15, 0.2) is 11.5 Å². The van der Waals surface area contributed by atoms with Crippen LogP contribution in [0.3, 0.4) is 0 Å². The molecule has 1 amide bonds. The van der Waals surface area contributed by atoms with Crippen molar-refractivity contribution in [3.8, 4) is 17.2 Å². The van der Waals surface area contributed by atoms with Crippen LogP contribution in [0, 0.1) is 6.92 Å². The fourth-order valence-corrected chi connectivity index (χ4v) is 4.06. The largest absolute Gasteiger partial charge is 0.379 e. The Bertz CT molecular complexity index is 1240. The third-order valence-corrected chi connectivity index (χ3v) is 5.85. The zero-order valence-corrected chi connectivity index (χ0v) is 18.6. The fraction of sp³-hybridized carbons (Fsp3) is 0.333. The smallest absolute Gasteiger partial charge is 0.272 e. The molecule has 0 radical (unpaired) electrons. The standard InChI is InChI=1S/C24H27N7O2/c1-18-3-5-19(6-4-18)31-20(7-9-27-31)23-28-22(21-17-25-10-12-30(21)23)24(32)26-8-2-11-29-13-15-33-16-14-29/h3-7,9-10,12,17H,2,8,11,13-16H2,1H3,(H,26,32). The van der Waals surface area contributed by atoms with E-state index < -0.39 is 0 Å². The Labute approximate surface area is 192 Å². The number of ether oxygens (including phenoxy) is 1. The van der Waals surface area contributed by atoms with Crippen molar-refractivity contribution in [2.24, 2.45) is 0 Å². The summed E-state index contributed by atoms with van der Waals surface area (Å²) in [4.78, 5) is 24.3. The first-order chi connectivity index (χ1) is 16.2. The number of aryl methyl sites for hydroxylation is 1. The highest BCUT2D eigenvalue weighted by molar-refractivity contribution is 5.99.